The molecule has 0 aliphatic heterocycles. The van der Waals surface area contributed by atoms with Gasteiger partial charge in [0, 0.05) is 4.90 Å². The summed E-state index contributed by atoms with van der Waals surface area (Å²) in [6.07, 6.45) is 0.903. The maximum atomic E-state index is 13.8. The molecule has 1 atom stereocenters. The van der Waals surface area contributed by atoms with Gasteiger partial charge in [0.05, 0.1) is 6.26 Å². The van der Waals surface area contributed by atoms with Crippen molar-refractivity contribution in [2.75, 3.05) is 6.26 Å². The summed E-state index contributed by atoms with van der Waals surface area (Å²) in [4.78, 5) is 12.5. The quantitative estimate of drug-likeness (QED) is 0.851. The fraction of sp³-hybridized carbons (Fsp3) is 0.133. The SMILES string of the molecule is CS(=O)(=O)NC(=O)[C@@H](Sc1ccccc1F)c1ccccc1. The first-order chi connectivity index (χ1) is 10.4. The number of hydrogen-bond acceptors (Lipinski definition) is 4. The molecule has 116 valence electrons. The van der Waals surface area contributed by atoms with Crippen molar-refractivity contribution in [1.29, 1.82) is 0 Å². The van der Waals surface area contributed by atoms with Gasteiger partial charge in [0.2, 0.25) is 10.0 Å². The second-order valence-corrected chi connectivity index (χ2v) is 7.47. The van der Waals surface area contributed by atoms with Crippen LogP contribution in [-0.4, -0.2) is 20.6 Å². The molecule has 0 heterocycles. The maximum absolute atomic E-state index is 13.8. The normalized spacial score (nSPS) is 12.6. The molecule has 0 spiro atoms. The van der Waals surface area contributed by atoms with Crippen LogP contribution >= 0.6 is 11.8 Å². The van der Waals surface area contributed by atoms with Crippen LogP contribution in [0.15, 0.2) is 59.5 Å². The summed E-state index contributed by atoms with van der Waals surface area (Å²) in [7, 11) is -3.69. The van der Waals surface area contributed by atoms with E-state index in [9.17, 15) is 17.6 Å². The predicted octanol–water partition coefficient (Wildman–Crippen LogP) is 2.73. The van der Waals surface area contributed by atoms with E-state index in [1.807, 2.05) is 4.72 Å². The molecule has 7 heteroatoms. The summed E-state index contributed by atoms with van der Waals surface area (Å²) in [5, 5.41) is -0.868. The first-order valence-corrected chi connectivity index (χ1v) is 9.12. The van der Waals surface area contributed by atoms with Crippen LogP contribution in [0.5, 0.6) is 0 Å². The van der Waals surface area contributed by atoms with Gasteiger partial charge in [-0.2, -0.15) is 0 Å². The van der Waals surface area contributed by atoms with Crippen molar-refractivity contribution >= 4 is 27.7 Å². The largest absolute Gasteiger partial charge is 0.272 e. The molecule has 0 saturated heterocycles. The number of hydrogen-bond donors (Lipinski definition) is 1. The van der Waals surface area contributed by atoms with Gasteiger partial charge in [0.15, 0.2) is 0 Å². The molecule has 4 nitrogen and oxygen atoms in total. The third-order valence-electron chi connectivity index (χ3n) is 2.71. The van der Waals surface area contributed by atoms with Gasteiger partial charge in [-0.3, -0.25) is 9.52 Å². The molecule has 2 rings (SSSR count). The van der Waals surface area contributed by atoms with Crippen LogP contribution in [0.25, 0.3) is 0 Å². The first-order valence-electron chi connectivity index (χ1n) is 6.34. The zero-order valence-electron chi connectivity index (χ0n) is 11.7. The number of carbonyl (C=O) groups is 1. The summed E-state index contributed by atoms with van der Waals surface area (Å²) >= 11 is 0.966. The summed E-state index contributed by atoms with van der Waals surface area (Å²) in [6, 6.07) is 14.7. The van der Waals surface area contributed by atoms with Gasteiger partial charge in [-0.15, -0.1) is 11.8 Å². The Morgan fingerprint density at radius 1 is 1.09 bits per heavy atom. The predicted molar refractivity (Wildman–Crippen MR) is 84.4 cm³/mol. The third-order valence-corrected chi connectivity index (χ3v) is 4.59. The standard InChI is InChI=1S/C15H14FNO3S2/c1-22(19,20)17-15(18)14(11-7-3-2-4-8-11)21-13-10-6-5-9-12(13)16/h2-10,14H,1H3,(H,17,18)/t14-/m0/s1. The van der Waals surface area contributed by atoms with Crippen LogP contribution < -0.4 is 4.72 Å². The zero-order valence-corrected chi connectivity index (χ0v) is 13.3. The minimum atomic E-state index is -3.69. The lowest BCUT2D eigenvalue weighted by atomic mass is 10.1. The Hall–Kier alpha value is -1.86. The highest BCUT2D eigenvalue weighted by Crippen LogP contribution is 2.36. The van der Waals surface area contributed by atoms with E-state index < -0.39 is 27.0 Å². The Balaban J connectivity index is 2.34. The highest BCUT2D eigenvalue weighted by atomic mass is 32.2. The molecule has 0 saturated carbocycles. The number of amides is 1. The van der Waals surface area contributed by atoms with Gasteiger partial charge in [-0.25, -0.2) is 12.8 Å². The van der Waals surface area contributed by atoms with E-state index in [-0.39, 0.29) is 4.90 Å². The highest BCUT2D eigenvalue weighted by Gasteiger charge is 2.25. The Morgan fingerprint density at radius 2 is 1.68 bits per heavy atom. The average Bonchev–Trinajstić information content (AvgIpc) is 2.45. The Labute approximate surface area is 132 Å². The molecule has 0 fully saturated rings. The van der Waals surface area contributed by atoms with Gasteiger partial charge >= 0.3 is 0 Å². The molecule has 2 aromatic carbocycles. The molecule has 0 aromatic heterocycles. The van der Waals surface area contributed by atoms with E-state index >= 15 is 0 Å². The molecule has 0 unspecified atom stereocenters. The number of halogens is 1. The van der Waals surface area contributed by atoms with Crippen molar-refractivity contribution in [3.63, 3.8) is 0 Å². The fourth-order valence-corrected chi connectivity index (χ4v) is 3.41. The second kappa shape index (κ2) is 6.93. The second-order valence-electron chi connectivity index (χ2n) is 4.58. The topological polar surface area (TPSA) is 63.2 Å². The third kappa shape index (κ3) is 4.57. The Morgan fingerprint density at radius 3 is 2.27 bits per heavy atom. The van der Waals surface area contributed by atoms with E-state index in [1.165, 1.54) is 6.07 Å². The summed E-state index contributed by atoms with van der Waals surface area (Å²) in [5.74, 6) is -1.16. The number of sulfonamides is 1. The van der Waals surface area contributed by atoms with E-state index in [1.54, 1.807) is 48.5 Å². The molecular formula is C15H14FNO3S2. The molecule has 0 aliphatic carbocycles. The zero-order chi connectivity index (χ0) is 16.2. The average molecular weight is 339 g/mol. The van der Waals surface area contributed by atoms with Crippen molar-refractivity contribution in [2.24, 2.45) is 0 Å². The number of carbonyl (C=O) groups excluding carboxylic acids is 1. The van der Waals surface area contributed by atoms with E-state index in [0.29, 0.717) is 5.56 Å². The van der Waals surface area contributed by atoms with Crippen molar-refractivity contribution in [3.05, 3.63) is 66.0 Å². The highest BCUT2D eigenvalue weighted by molar-refractivity contribution is 8.00. The van der Waals surface area contributed by atoms with E-state index in [0.717, 1.165) is 18.0 Å². The van der Waals surface area contributed by atoms with Gasteiger partial charge in [0.25, 0.3) is 5.91 Å². The van der Waals surface area contributed by atoms with Crippen LogP contribution in [0.3, 0.4) is 0 Å². The number of benzene rings is 2. The molecule has 0 radical (unpaired) electrons. The summed E-state index contributed by atoms with van der Waals surface area (Å²) in [5.41, 5.74) is 0.594. The first kappa shape index (κ1) is 16.5. The molecule has 22 heavy (non-hydrogen) atoms. The lowest BCUT2D eigenvalue weighted by Gasteiger charge is -2.16. The number of nitrogens with one attached hydrogen (secondary N) is 1. The van der Waals surface area contributed by atoms with E-state index in [2.05, 4.69) is 0 Å². The molecule has 2 aromatic rings. The van der Waals surface area contributed by atoms with Gasteiger partial charge in [0.1, 0.15) is 11.1 Å². The minimum absolute atomic E-state index is 0.278. The number of thioether (sulfide) groups is 1. The van der Waals surface area contributed by atoms with Crippen molar-refractivity contribution in [1.82, 2.24) is 4.72 Å². The molecule has 1 N–H and O–H groups in total. The minimum Gasteiger partial charge on any atom is -0.272 e. The van der Waals surface area contributed by atoms with Crippen LogP contribution in [-0.2, 0) is 14.8 Å². The van der Waals surface area contributed by atoms with Gasteiger partial charge in [-0.05, 0) is 17.7 Å². The lowest BCUT2D eigenvalue weighted by Crippen LogP contribution is -2.32. The Bertz CT molecular complexity index is 763. The maximum Gasteiger partial charge on any atom is 0.251 e. The van der Waals surface area contributed by atoms with Gasteiger partial charge < -0.3 is 0 Å². The van der Waals surface area contributed by atoms with Crippen LogP contribution in [0.1, 0.15) is 10.8 Å². The van der Waals surface area contributed by atoms with Crippen molar-refractivity contribution in [3.8, 4) is 0 Å². The summed E-state index contributed by atoms with van der Waals surface area (Å²) < 4.78 is 38.3. The number of rotatable bonds is 5. The van der Waals surface area contributed by atoms with Gasteiger partial charge in [-0.1, -0.05) is 42.5 Å². The summed E-state index contributed by atoms with van der Waals surface area (Å²) in [6.45, 7) is 0. The lowest BCUT2D eigenvalue weighted by molar-refractivity contribution is -0.118. The molecular weight excluding hydrogens is 325 g/mol. The van der Waals surface area contributed by atoms with Crippen LogP contribution in [0, 0.1) is 5.82 Å². The molecule has 0 bridgehead atoms. The van der Waals surface area contributed by atoms with Crippen molar-refractivity contribution < 1.29 is 17.6 Å². The fourth-order valence-electron chi connectivity index (χ4n) is 1.80. The smallest absolute Gasteiger partial charge is 0.251 e. The Kier molecular flexibility index (Phi) is 5.20. The van der Waals surface area contributed by atoms with E-state index in [4.69, 9.17) is 0 Å². The van der Waals surface area contributed by atoms with Crippen LogP contribution in [0.2, 0.25) is 0 Å². The molecule has 0 aliphatic rings. The monoisotopic (exact) mass is 339 g/mol. The van der Waals surface area contributed by atoms with Crippen LogP contribution in [0.4, 0.5) is 4.39 Å². The van der Waals surface area contributed by atoms with Crippen molar-refractivity contribution in [2.45, 2.75) is 10.1 Å². The molecule has 1 amide bonds.